The average molecular weight is 300 g/mol. The predicted octanol–water partition coefficient (Wildman–Crippen LogP) is 2.96. The van der Waals surface area contributed by atoms with Crippen molar-refractivity contribution in [2.75, 3.05) is 24.5 Å². The molecule has 22 heavy (non-hydrogen) atoms. The topological polar surface area (TPSA) is 41.0 Å². The second kappa shape index (κ2) is 6.15. The minimum Gasteiger partial charge on any atom is -0.354 e. The zero-order valence-corrected chi connectivity index (χ0v) is 13.7. The van der Waals surface area contributed by atoms with Gasteiger partial charge in [0.25, 0.3) is 0 Å². The molecule has 0 amide bonds. The Kier molecular flexibility index (Phi) is 4.03. The number of aromatic nitrogens is 2. The van der Waals surface area contributed by atoms with E-state index >= 15 is 0 Å². The van der Waals surface area contributed by atoms with Gasteiger partial charge >= 0.3 is 0 Å². The van der Waals surface area contributed by atoms with Gasteiger partial charge in [0.15, 0.2) is 5.82 Å². The van der Waals surface area contributed by atoms with Crippen LogP contribution >= 0.6 is 0 Å². The molecule has 3 aliphatic rings. The van der Waals surface area contributed by atoms with E-state index in [0.717, 1.165) is 36.8 Å². The number of anilines is 1. The molecule has 0 bridgehead atoms. The van der Waals surface area contributed by atoms with Gasteiger partial charge in [-0.25, -0.2) is 0 Å². The van der Waals surface area contributed by atoms with Crippen LogP contribution in [0, 0.1) is 11.8 Å². The van der Waals surface area contributed by atoms with Crippen LogP contribution in [0.3, 0.4) is 0 Å². The maximum Gasteiger partial charge on any atom is 0.151 e. The van der Waals surface area contributed by atoms with Crippen LogP contribution in [-0.2, 0) is 0 Å². The molecule has 0 atom stereocenters. The summed E-state index contributed by atoms with van der Waals surface area (Å²) in [5.41, 5.74) is 1.19. The van der Waals surface area contributed by atoms with Gasteiger partial charge in [-0.1, -0.05) is 6.92 Å². The van der Waals surface area contributed by atoms with Crippen LogP contribution in [-0.4, -0.2) is 35.9 Å². The first-order valence-electron chi connectivity index (χ1n) is 9.10. The van der Waals surface area contributed by atoms with Crippen molar-refractivity contribution in [1.29, 1.82) is 0 Å². The van der Waals surface area contributed by atoms with Crippen molar-refractivity contribution >= 4 is 5.82 Å². The largest absolute Gasteiger partial charge is 0.354 e. The fourth-order valence-corrected chi connectivity index (χ4v) is 3.78. The Balaban J connectivity index is 1.19. The minimum atomic E-state index is 0.702. The molecule has 2 aliphatic carbocycles. The molecule has 1 aromatic heterocycles. The summed E-state index contributed by atoms with van der Waals surface area (Å²) in [4.78, 5) is 2.36. The van der Waals surface area contributed by atoms with Crippen molar-refractivity contribution in [3.63, 3.8) is 0 Å². The van der Waals surface area contributed by atoms with E-state index in [1.54, 1.807) is 0 Å². The van der Waals surface area contributed by atoms with Crippen LogP contribution in [0.5, 0.6) is 0 Å². The van der Waals surface area contributed by atoms with Crippen molar-refractivity contribution in [2.24, 2.45) is 11.8 Å². The van der Waals surface area contributed by atoms with Crippen LogP contribution in [0.25, 0.3) is 0 Å². The number of nitrogens with one attached hydrogen (secondary N) is 1. The fourth-order valence-electron chi connectivity index (χ4n) is 3.78. The summed E-state index contributed by atoms with van der Waals surface area (Å²) in [5, 5.41) is 12.6. The van der Waals surface area contributed by atoms with E-state index < -0.39 is 0 Å². The molecule has 1 N–H and O–H groups in total. The SMILES string of the molecule is CC1CCC(NCC2CN(c3ccc(C4CC4)nn3)C2)CC1. The van der Waals surface area contributed by atoms with Crippen molar-refractivity contribution < 1.29 is 0 Å². The smallest absolute Gasteiger partial charge is 0.151 e. The highest BCUT2D eigenvalue weighted by atomic mass is 15.3. The van der Waals surface area contributed by atoms with E-state index in [-0.39, 0.29) is 0 Å². The summed E-state index contributed by atoms with van der Waals surface area (Å²) in [6.07, 6.45) is 8.13. The Labute approximate surface area is 133 Å². The highest BCUT2D eigenvalue weighted by Gasteiger charge is 2.30. The lowest BCUT2D eigenvalue weighted by Crippen LogP contribution is -2.52. The summed E-state index contributed by atoms with van der Waals surface area (Å²) >= 11 is 0. The number of hydrogen-bond acceptors (Lipinski definition) is 4. The lowest BCUT2D eigenvalue weighted by Gasteiger charge is -2.41. The van der Waals surface area contributed by atoms with Gasteiger partial charge in [0.1, 0.15) is 0 Å². The maximum atomic E-state index is 4.41. The third kappa shape index (κ3) is 3.27. The molecule has 1 aromatic rings. The standard InChI is InChI=1S/C18H28N4/c1-13-2-6-16(7-3-13)19-10-14-11-22(12-14)18-9-8-17(20-21-18)15-4-5-15/h8-9,13-16,19H,2-7,10-12H2,1H3. The lowest BCUT2D eigenvalue weighted by molar-refractivity contribution is 0.282. The van der Waals surface area contributed by atoms with E-state index in [1.807, 2.05) is 0 Å². The van der Waals surface area contributed by atoms with Gasteiger partial charge in [-0.15, -0.1) is 5.10 Å². The first kappa shape index (κ1) is 14.4. The van der Waals surface area contributed by atoms with Gasteiger partial charge in [0, 0.05) is 37.5 Å². The van der Waals surface area contributed by atoms with E-state index in [4.69, 9.17) is 0 Å². The van der Waals surface area contributed by atoms with Crippen LogP contribution in [0.1, 0.15) is 57.1 Å². The molecule has 2 saturated carbocycles. The molecule has 0 spiro atoms. The quantitative estimate of drug-likeness (QED) is 0.907. The second-order valence-corrected chi connectivity index (χ2v) is 7.73. The molecule has 4 heteroatoms. The zero-order chi connectivity index (χ0) is 14.9. The molecular formula is C18H28N4. The first-order chi connectivity index (χ1) is 10.8. The Bertz CT molecular complexity index is 482. The van der Waals surface area contributed by atoms with Crippen molar-refractivity contribution in [1.82, 2.24) is 15.5 Å². The molecule has 3 fully saturated rings. The van der Waals surface area contributed by atoms with Gasteiger partial charge in [-0.3, -0.25) is 0 Å². The number of hydrogen-bond donors (Lipinski definition) is 1. The van der Waals surface area contributed by atoms with Crippen LogP contribution in [0.2, 0.25) is 0 Å². The molecule has 4 nitrogen and oxygen atoms in total. The van der Waals surface area contributed by atoms with Crippen LogP contribution in [0.4, 0.5) is 5.82 Å². The molecule has 1 saturated heterocycles. The van der Waals surface area contributed by atoms with E-state index in [2.05, 4.69) is 39.5 Å². The summed E-state index contributed by atoms with van der Waals surface area (Å²) in [7, 11) is 0. The van der Waals surface area contributed by atoms with E-state index in [9.17, 15) is 0 Å². The molecule has 2 heterocycles. The zero-order valence-electron chi connectivity index (χ0n) is 13.7. The minimum absolute atomic E-state index is 0.702. The van der Waals surface area contributed by atoms with Gasteiger partial charge in [0.2, 0.25) is 0 Å². The van der Waals surface area contributed by atoms with Crippen LogP contribution < -0.4 is 10.2 Å². The Hall–Kier alpha value is -1.16. The van der Waals surface area contributed by atoms with Gasteiger partial charge < -0.3 is 10.2 Å². The van der Waals surface area contributed by atoms with Gasteiger partial charge in [-0.2, -0.15) is 5.10 Å². The Morgan fingerprint density at radius 2 is 1.82 bits per heavy atom. The van der Waals surface area contributed by atoms with E-state index in [1.165, 1.54) is 50.8 Å². The van der Waals surface area contributed by atoms with Gasteiger partial charge in [0.05, 0.1) is 5.69 Å². The highest BCUT2D eigenvalue weighted by molar-refractivity contribution is 5.41. The van der Waals surface area contributed by atoms with Crippen molar-refractivity contribution in [3.8, 4) is 0 Å². The second-order valence-electron chi connectivity index (χ2n) is 7.73. The number of rotatable bonds is 5. The van der Waals surface area contributed by atoms with Crippen molar-refractivity contribution in [2.45, 2.75) is 57.4 Å². The lowest BCUT2D eigenvalue weighted by atomic mass is 9.87. The molecule has 120 valence electrons. The summed E-state index contributed by atoms with van der Waals surface area (Å²) in [5.74, 6) is 3.49. The highest BCUT2D eigenvalue weighted by Crippen LogP contribution is 2.39. The molecular weight excluding hydrogens is 272 g/mol. The van der Waals surface area contributed by atoms with Crippen molar-refractivity contribution in [3.05, 3.63) is 17.8 Å². The molecule has 0 unspecified atom stereocenters. The Morgan fingerprint density at radius 3 is 2.45 bits per heavy atom. The third-order valence-corrected chi connectivity index (χ3v) is 5.66. The third-order valence-electron chi connectivity index (χ3n) is 5.66. The average Bonchev–Trinajstić information content (AvgIpc) is 3.33. The molecule has 4 rings (SSSR count). The van der Waals surface area contributed by atoms with Gasteiger partial charge in [-0.05, 0) is 56.6 Å². The predicted molar refractivity (Wildman–Crippen MR) is 89.1 cm³/mol. The summed E-state index contributed by atoms with van der Waals surface area (Å²) in [6.45, 7) is 5.82. The van der Waals surface area contributed by atoms with Crippen LogP contribution in [0.15, 0.2) is 12.1 Å². The Morgan fingerprint density at radius 1 is 1.05 bits per heavy atom. The molecule has 1 aliphatic heterocycles. The molecule has 0 radical (unpaired) electrons. The maximum absolute atomic E-state index is 4.41. The summed E-state index contributed by atoms with van der Waals surface area (Å²) < 4.78 is 0. The van der Waals surface area contributed by atoms with E-state index in [0.29, 0.717) is 5.92 Å². The fraction of sp³-hybridized carbons (Fsp3) is 0.778. The normalized spacial score (nSPS) is 29.4. The number of nitrogens with zero attached hydrogens (tertiary/aromatic N) is 3. The molecule has 0 aromatic carbocycles. The summed E-state index contributed by atoms with van der Waals surface area (Å²) in [6, 6.07) is 5.10. The first-order valence-corrected chi connectivity index (χ1v) is 9.10. The monoisotopic (exact) mass is 300 g/mol.